The van der Waals surface area contributed by atoms with Crippen molar-refractivity contribution >= 4 is 0 Å². The van der Waals surface area contributed by atoms with E-state index < -0.39 is 11.6 Å². The zero-order chi connectivity index (χ0) is 15.4. The van der Waals surface area contributed by atoms with E-state index in [2.05, 4.69) is 31.0 Å². The fourth-order valence-corrected chi connectivity index (χ4v) is 3.01. The highest BCUT2D eigenvalue weighted by Gasteiger charge is 2.28. The standard InChI is InChI=1S/C17H26F2N2/c1-4-5-14-9-20-17(12(2)3)11-21(14)10-13-6-7-15(18)16(19)8-13/h6-8,12,14,17,20H,4-5,9-11H2,1-3H3. The van der Waals surface area contributed by atoms with Crippen LogP contribution in [0.4, 0.5) is 8.78 Å². The average Bonchev–Trinajstić information content (AvgIpc) is 2.45. The fourth-order valence-electron chi connectivity index (χ4n) is 3.01. The SMILES string of the molecule is CCCC1CNC(C(C)C)CN1Cc1ccc(F)c(F)c1. The molecule has 1 aliphatic heterocycles. The summed E-state index contributed by atoms with van der Waals surface area (Å²) < 4.78 is 26.4. The summed E-state index contributed by atoms with van der Waals surface area (Å²) in [6.07, 6.45) is 2.26. The minimum Gasteiger partial charge on any atom is -0.311 e. The Hall–Kier alpha value is -1.00. The molecule has 1 aliphatic rings. The summed E-state index contributed by atoms with van der Waals surface area (Å²) in [6, 6.07) is 5.17. The Balaban J connectivity index is 2.09. The average molecular weight is 296 g/mol. The number of hydrogen-bond acceptors (Lipinski definition) is 2. The van der Waals surface area contributed by atoms with Crippen LogP contribution in [0.1, 0.15) is 39.2 Å². The Morgan fingerprint density at radius 2 is 2.05 bits per heavy atom. The lowest BCUT2D eigenvalue weighted by Crippen LogP contribution is -2.57. The molecule has 0 radical (unpaired) electrons. The van der Waals surface area contributed by atoms with Gasteiger partial charge in [-0.3, -0.25) is 4.90 Å². The molecule has 0 aromatic heterocycles. The molecule has 4 heteroatoms. The van der Waals surface area contributed by atoms with Crippen molar-refractivity contribution in [2.45, 2.75) is 52.2 Å². The van der Waals surface area contributed by atoms with E-state index in [1.165, 1.54) is 12.1 Å². The molecule has 0 saturated carbocycles. The van der Waals surface area contributed by atoms with Gasteiger partial charge in [0.2, 0.25) is 0 Å². The van der Waals surface area contributed by atoms with Crippen molar-refractivity contribution in [1.82, 2.24) is 10.2 Å². The number of nitrogens with zero attached hydrogens (tertiary/aromatic N) is 1. The predicted molar refractivity (Wildman–Crippen MR) is 82.1 cm³/mol. The van der Waals surface area contributed by atoms with Gasteiger partial charge in [-0.15, -0.1) is 0 Å². The van der Waals surface area contributed by atoms with Gasteiger partial charge < -0.3 is 5.32 Å². The van der Waals surface area contributed by atoms with Crippen LogP contribution in [0.25, 0.3) is 0 Å². The van der Waals surface area contributed by atoms with Crippen molar-refractivity contribution in [3.63, 3.8) is 0 Å². The molecule has 1 aromatic rings. The van der Waals surface area contributed by atoms with E-state index >= 15 is 0 Å². The second-order valence-corrected chi connectivity index (χ2v) is 6.38. The normalized spacial score (nSPS) is 23.7. The van der Waals surface area contributed by atoms with Gasteiger partial charge in [0.25, 0.3) is 0 Å². The fraction of sp³-hybridized carbons (Fsp3) is 0.647. The quantitative estimate of drug-likeness (QED) is 0.893. The Morgan fingerprint density at radius 3 is 2.67 bits per heavy atom. The first-order chi connectivity index (χ1) is 10.0. The summed E-state index contributed by atoms with van der Waals surface area (Å²) >= 11 is 0. The maximum Gasteiger partial charge on any atom is 0.159 e. The maximum absolute atomic E-state index is 13.4. The number of rotatable bonds is 5. The molecule has 1 aromatic carbocycles. The first kappa shape index (κ1) is 16.4. The third kappa shape index (κ3) is 4.24. The maximum atomic E-state index is 13.4. The van der Waals surface area contributed by atoms with E-state index in [0.717, 1.165) is 31.5 Å². The highest BCUT2D eigenvalue weighted by Crippen LogP contribution is 2.20. The van der Waals surface area contributed by atoms with Gasteiger partial charge in [0, 0.05) is 31.7 Å². The molecule has 1 fully saturated rings. The van der Waals surface area contributed by atoms with Gasteiger partial charge in [-0.2, -0.15) is 0 Å². The minimum atomic E-state index is -0.774. The van der Waals surface area contributed by atoms with Crippen molar-refractivity contribution in [1.29, 1.82) is 0 Å². The van der Waals surface area contributed by atoms with E-state index in [4.69, 9.17) is 0 Å². The lowest BCUT2D eigenvalue weighted by Gasteiger charge is -2.42. The molecular weight excluding hydrogens is 270 g/mol. The van der Waals surface area contributed by atoms with Gasteiger partial charge in [-0.25, -0.2) is 8.78 Å². The van der Waals surface area contributed by atoms with Crippen molar-refractivity contribution in [3.8, 4) is 0 Å². The molecule has 0 bridgehead atoms. The van der Waals surface area contributed by atoms with Crippen molar-refractivity contribution in [3.05, 3.63) is 35.4 Å². The van der Waals surface area contributed by atoms with Crippen LogP contribution in [0.5, 0.6) is 0 Å². The van der Waals surface area contributed by atoms with Crippen molar-refractivity contribution < 1.29 is 8.78 Å². The molecule has 2 nitrogen and oxygen atoms in total. The van der Waals surface area contributed by atoms with Gasteiger partial charge in [-0.05, 0) is 30.0 Å². The van der Waals surface area contributed by atoms with Gasteiger partial charge in [0.15, 0.2) is 11.6 Å². The molecular formula is C17H26F2N2. The first-order valence-electron chi connectivity index (χ1n) is 7.92. The van der Waals surface area contributed by atoms with E-state index in [-0.39, 0.29) is 0 Å². The summed E-state index contributed by atoms with van der Waals surface area (Å²) in [4.78, 5) is 2.41. The van der Waals surface area contributed by atoms with E-state index in [1.807, 2.05) is 0 Å². The van der Waals surface area contributed by atoms with Crippen LogP contribution in [-0.4, -0.2) is 30.1 Å². The van der Waals surface area contributed by atoms with Gasteiger partial charge >= 0.3 is 0 Å². The van der Waals surface area contributed by atoms with Gasteiger partial charge in [-0.1, -0.05) is 33.3 Å². The molecule has 2 unspecified atom stereocenters. The van der Waals surface area contributed by atoms with E-state index in [1.54, 1.807) is 6.07 Å². The summed E-state index contributed by atoms with van der Waals surface area (Å²) in [5.74, 6) is -0.959. The third-order valence-electron chi connectivity index (χ3n) is 4.36. The predicted octanol–water partition coefficient (Wildman–Crippen LogP) is 3.56. The summed E-state index contributed by atoms with van der Waals surface area (Å²) in [6.45, 7) is 9.24. The largest absolute Gasteiger partial charge is 0.311 e. The smallest absolute Gasteiger partial charge is 0.159 e. The van der Waals surface area contributed by atoms with Gasteiger partial charge in [0.1, 0.15) is 0 Å². The van der Waals surface area contributed by atoms with Crippen LogP contribution in [0.2, 0.25) is 0 Å². The number of hydrogen-bond donors (Lipinski definition) is 1. The van der Waals surface area contributed by atoms with Crippen LogP contribution in [-0.2, 0) is 6.54 Å². The molecule has 21 heavy (non-hydrogen) atoms. The van der Waals surface area contributed by atoms with Crippen LogP contribution in [0.3, 0.4) is 0 Å². The summed E-state index contributed by atoms with van der Waals surface area (Å²) in [5.41, 5.74) is 0.847. The molecule has 0 amide bonds. The Bertz CT molecular complexity index is 462. The lowest BCUT2D eigenvalue weighted by atomic mass is 9.97. The van der Waals surface area contributed by atoms with Crippen molar-refractivity contribution in [2.24, 2.45) is 5.92 Å². The van der Waals surface area contributed by atoms with E-state index in [9.17, 15) is 8.78 Å². The molecule has 2 atom stereocenters. The molecule has 1 saturated heterocycles. The summed E-state index contributed by atoms with van der Waals surface area (Å²) in [7, 11) is 0. The van der Waals surface area contributed by atoms with Crippen LogP contribution in [0, 0.1) is 17.6 Å². The number of halogens is 2. The molecule has 118 valence electrons. The minimum absolute atomic E-state index is 0.461. The number of piperazine rings is 1. The zero-order valence-electron chi connectivity index (χ0n) is 13.2. The Morgan fingerprint density at radius 1 is 1.29 bits per heavy atom. The monoisotopic (exact) mass is 296 g/mol. The zero-order valence-corrected chi connectivity index (χ0v) is 13.2. The second kappa shape index (κ2) is 7.32. The molecule has 1 heterocycles. The summed E-state index contributed by atoms with van der Waals surface area (Å²) in [5, 5.41) is 3.61. The lowest BCUT2D eigenvalue weighted by molar-refractivity contribution is 0.0996. The van der Waals surface area contributed by atoms with Crippen LogP contribution in [0.15, 0.2) is 18.2 Å². The highest BCUT2D eigenvalue weighted by atomic mass is 19.2. The topological polar surface area (TPSA) is 15.3 Å². The molecule has 2 rings (SSSR count). The second-order valence-electron chi connectivity index (χ2n) is 6.38. The molecule has 0 aliphatic carbocycles. The first-order valence-corrected chi connectivity index (χ1v) is 7.92. The molecule has 1 N–H and O–H groups in total. The molecule has 0 spiro atoms. The number of nitrogens with one attached hydrogen (secondary N) is 1. The number of benzene rings is 1. The third-order valence-corrected chi connectivity index (χ3v) is 4.36. The van der Waals surface area contributed by atoms with Crippen molar-refractivity contribution in [2.75, 3.05) is 13.1 Å². The Kier molecular flexibility index (Phi) is 5.71. The van der Waals surface area contributed by atoms with Crippen LogP contribution < -0.4 is 5.32 Å². The Labute approximate surface area is 126 Å². The highest BCUT2D eigenvalue weighted by molar-refractivity contribution is 5.18. The van der Waals surface area contributed by atoms with E-state index in [0.29, 0.717) is 24.5 Å². The van der Waals surface area contributed by atoms with Gasteiger partial charge in [0.05, 0.1) is 0 Å². The van der Waals surface area contributed by atoms with Crippen LogP contribution >= 0.6 is 0 Å².